The molecule has 0 aliphatic carbocycles. The van der Waals surface area contributed by atoms with Crippen molar-refractivity contribution in [3.63, 3.8) is 0 Å². The number of imidazole rings is 1. The molecule has 2 aromatic rings. The molecule has 3 N–H and O–H groups in total. The summed E-state index contributed by atoms with van der Waals surface area (Å²) in [6.07, 6.45) is 1.31. The van der Waals surface area contributed by atoms with Crippen LogP contribution in [0.2, 0.25) is 0 Å². The first-order valence-electron chi connectivity index (χ1n) is 3.53. The second-order valence-corrected chi connectivity index (χ2v) is 2.59. The third-order valence-corrected chi connectivity index (χ3v) is 1.64. The zero-order chi connectivity index (χ0) is 10.1. The molecule has 0 aliphatic heterocycles. The van der Waals surface area contributed by atoms with Gasteiger partial charge in [0.2, 0.25) is 5.95 Å². The van der Waals surface area contributed by atoms with Crippen LogP contribution in [0.25, 0.3) is 11.2 Å². The molecule has 2 heterocycles. The van der Waals surface area contributed by atoms with Gasteiger partial charge in [0.05, 0.1) is 5.16 Å². The Morgan fingerprint density at radius 2 is 2.50 bits per heavy atom. The van der Waals surface area contributed by atoms with Crippen molar-refractivity contribution in [2.75, 3.05) is 5.73 Å². The van der Waals surface area contributed by atoms with E-state index in [0.717, 1.165) is 0 Å². The molecule has 14 heavy (non-hydrogen) atoms. The van der Waals surface area contributed by atoms with Crippen molar-refractivity contribution in [2.45, 2.75) is 0 Å². The molecule has 7 nitrogen and oxygen atoms in total. The number of thiocarbonyl (C=S) groups is 1. The highest BCUT2D eigenvalue weighted by atomic mass is 32.1. The maximum Gasteiger partial charge on any atom is 0.280 e. The number of aromatic amines is 1. The van der Waals surface area contributed by atoms with Crippen LogP contribution in [0.15, 0.2) is 16.2 Å². The Balaban J connectivity index is 2.91. The summed E-state index contributed by atoms with van der Waals surface area (Å²) in [5, 5.41) is 5.76. The van der Waals surface area contributed by atoms with Crippen molar-refractivity contribution in [1.82, 2.24) is 19.6 Å². The fraction of sp³-hybridized carbons (Fsp3) is 0. The number of nitrogens with one attached hydrogen (secondary N) is 1. The number of hydrogen-bond acceptors (Lipinski definition) is 6. The summed E-state index contributed by atoms with van der Waals surface area (Å²) in [6, 6.07) is 0. The van der Waals surface area contributed by atoms with Crippen molar-refractivity contribution in [3.05, 3.63) is 16.7 Å². The maximum atomic E-state index is 11.3. The van der Waals surface area contributed by atoms with Crippen LogP contribution >= 0.6 is 12.2 Å². The summed E-state index contributed by atoms with van der Waals surface area (Å²) in [6.45, 7) is 0. The van der Waals surface area contributed by atoms with Crippen LogP contribution in [0.5, 0.6) is 0 Å². The number of isothiocyanates is 1. The zero-order valence-corrected chi connectivity index (χ0v) is 7.58. The predicted molar refractivity (Wildman–Crippen MR) is 53.0 cm³/mol. The molecular weight excluding hydrogens is 204 g/mol. The highest BCUT2D eigenvalue weighted by Gasteiger charge is 2.07. The lowest BCUT2D eigenvalue weighted by molar-refractivity contribution is 0.902. The molecule has 0 radical (unpaired) electrons. The number of rotatable bonds is 1. The van der Waals surface area contributed by atoms with Gasteiger partial charge in [0, 0.05) is 0 Å². The van der Waals surface area contributed by atoms with Crippen molar-refractivity contribution in [3.8, 4) is 0 Å². The van der Waals surface area contributed by atoms with Crippen LogP contribution in [0.1, 0.15) is 0 Å². The molecule has 0 spiro atoms. The second kappa shape index (κ2) is 3.02. The molecule has 0 saturated carbocycles. The molecule has 70 valence electrons. The Labute approximate surface area is 82.3 Å². The van der Waals surface area contributed by atoms with E-state index in [0.29, 0.717) is 0 Å². The summed E-state index contributed by atoms with van der Waals surface area (Å²) in [5.41, 5.74) is 5.36. The van der Waals surface area contributed by atoms with E-state index in [4.69, 9.17) is 5.73 Å². The molecule has 0 bridgehead atoms. The van der Waals surface area contributed by atoms with Crippen LogP contribution < -0.4 is 11.3 Å². The normalized spacial score (nSPS) is 10.0. The Morgan fingerprint density at radius 1 is 1.71 bits per heavy atom. The largest absolute Gasteiger partial charge is 0.369 e. The van der Waals surface area contributed by atoms with E-state index >= 15 is 0 Å². The molecule has 0 unspecified atom stereocenters. The Bertz CT molecular complexity index is 592. The highest BCUT2D eigenvalue weighted by molar-refractivity contribution is 7.78. The Hall–Kier alpha value is -2.05. The van der Waals surface area contributed by atoms with Gasteiger partial charge in [0.25, 0.3) is 5.56 Å². The van der Waals surface area contributed by atoms with Gasteiger partial charge in [-0.2, -0.15) is 9.66 Å². The number of H-pyrrole nitrogens is 1. The molecule has 2 rings (SSSR count). The highest BCUT2D eigenvalue weighted by Crippen LogP contribution is 2.04. The molecule has 0 fully saturated rings. The average molecular weight is 208 g/mol. The molecule has 0 saturated heterocycles. The molecule has 2 aromatic heterocycles. The molecule has 0 aliphatic rings. The average Bonchev–Trinajstić information content (AvgIpc) is 2.49. The van der Waals surface area contributed by atoms with E-state index < -0.39 is 5.56 Å². The number of fused-ring (bicyclic) bond motifs is 1. The van der Waals surface area contributed by atoms with E-state index in [1.54, 1.807) is 0 Å². The fourth-order valence-electron chi connectivity index (χ4n) is 1.03. The van der Waals surface area contributed by atoms with Crippen molar-refractivity contribution < 1.29 is 0 Å². The van der Waals surface area contributed by atoms with Gasteiger partial charge in [0.15, 0.2) is 11.2 Å². The standard InChI is InChI=1S/C6H4N6OS/c7-6-10-4-3(5(13)11-6)8-1-12(4)9-2-14/h1H,(H3,7,10,11,13). The van der Waals surface area contributed by atoms with Gasteiger partial charge in [0.1, 0.15) is 6.33 Å². The number of nitrogens with two attached hydrogens (primary N) is 1. The third-order valence-electron chi connectivity index (χ3n) is 1.56. The van der Waals surface area contributed by atoms with Crippen LogP contribution in [-0.4, -0.2) is 24.8 Å². The topological polar surface area (TPSA) is 102 Å². The van der Waals surface area contributed by atoms with Gasteiger partial charge >= 0.3 is 0 Å². The van der Waals surface area contributed by atoms with Crippen molar-refractivity contribution in [2.24, 2.45) is 5.10 Å². The number of aromatic nitrogens is 4. The smallest absolute Gasteiger partial charge is 0.280 e. The van der Waals surface area contributed by atoms with Crippen molar-refractivity contribution >= 4 is 34.5 Å². The van der Waals surface area contributed by atoms with Crippen molar-refractivity contribution in [1.29, 1.82) is 0 Å². The van der Waals surface area contributed by atoms with Gasteiger partial charge < -0.3 is 5.73 Å². The lowest BCUT2D eigenvalue weighted by Crippen LogP contribution is -2.11. The Kier molecular flexibility index (Phi) is 1.84. The first-order chi connectivity index (χ1) is 6.72. The minimum absolute atomic E-state index is 0.00354. The monoisotopic (exact) mass is 208 g/mol. The summed E-state index contributed by atoms with van der Waals surface area (Å²) in [5.74, 6) is 0.00354. The van der Waals surface area contributed by atoms with Gasteiger partial charge in [-0.05, 0) is 12.2 Å². The molecule has 0 amide bonds. The molecule has 0 aromatic carbocycles. The van der Waals surface area contributed by atoms with E-state index in [1.165, 1.54) is 11.0 Å². The second-order valence-electron chi connectivity index (χ2n) is 2.40. The quantitative estimate of drug-likeness (QED) is 0.489. The SMILES string of the molecule is Nc1nc2c(ncn2N=C=S)c(=O)[nH]1. The van der Waals surface area contributed by atoms with E-state index in [2.05, 4.69) is 37.4 Å². The van der Waals surface area contributed by atoms with Crippen LogP contribution in [0, 0.1) is 0 Å². The molecule has 0 atom stereocenters. The van der Waals surface area contributed by atoms with Gasteiger partial charge in [-0.3, -0.25) is 9.78 Å². The van der Waals surface area contributed by atoms with Crippen LogP contribution in [0.3, 0.4) is 0 Å². The first-order valence-corrected chi connectivity index (χ1v) is 3.94. The number of nitrogens with zero attached hydrogens (tertiary/aromatic N) is 4. The number of hydrogen-bond donors (Lipinski definition) is 2. The molecule has 8 heteroatoms. The van der Waals surface area contributed by atoms with Gasteiger partial charge in [-0.25, -0.2) is 4.98 Å². The third kappa shape index (κ3) is 1.18. The van der Waals surface area contributed by atoms with Gasteiger partial charge in [-0.15, -0.1) is 5.10 Å². The zero-order valence-electron chi connectivity index (χ0n) is 6.76. The lowest BCUT2D eigenvalue weighted by Gasteiger charge is -1.93. The maximum absolute atomic E-state index is 11.3. The number of nitrogen functional groups attached to an aromatic ring is 1. The van der Waals surface area contributed by atoms with Gasteiger partial charge in [-0.1, -0.05) is 0 Å². The summed E-state index contributed by atoms with van der Waals surface area (Å²) < 4.78 is 1.23. The first kappa shape index (κ1) is 8.54. The Morgan fingerprint density at radius 3 is 3.21 bits per heavy atom. The summed E-state index contributed by atoms with van der Waals surface area (Å²) >= 11 is 4.42. The fourth-order valence-corrected chi connectivity index (χ4v) is 1.12. The van der Waals surface area contributed by atoms with Crippen LogP contribution in [-0.2, 0) is 0 Å². The van der Waals surface area contributed by atoms with E-state index in [-0.39, 0.29) is 17.1 Å². The summed E-state index contributed by atoms with van der Waals surface area (Å²) in [7, 11) is 0. The lowest BCUT2D eigenvalue weighted by atomic mass is 10.5. The predicted octanol–water partition coefficient (Wildman–Crippen LogP) is -0.432. The van der Waals surface area contributed by atoms with E-state index in [1.807, 2.05) is 0 Å². The van der Waals surface area contributed by atoms with E-state index in [9.17, 15) is 4.79 Å². The van der Waals surface area contributed by atoms with Crippen LogP contribution in [0.4, 0.5) is 5.95 Å². The minimum atomic E-state index is -0.411. The minimum Gasteiger partial charge on any atom is -0.369 e. The number of anilines is 1. The summed E-state index contributed by atoms with van der Waals surface area (Å²) in [4.78, 5) is 21.3. The molecular formula is C6H4N6OS.